The Morgan fingerprint density at radius 2 is 1.83 bits per heavy atom. The molecular weight excluding hydrogens is 356 g/mol. The number of nitrogens with one attached hydrogen (secondary N) is 1. The lowest BCUT2D eigenvalue weighted by atomic mass is 10.2. The SMILES string of the molecule is COc1cc(Cl)c(C)cc1NS(=O)(=O)c1ccc(C)c([N+](=O)[O-])c1. The number of nitro groups is 1. The number of rotatable bonds is 5. The summed E-state index contributed by atoms with van der Waals surface area (Å²) in [5.74, 6) is 0.246. The second-order valence-electron chi connectivity index (χ2n) is 5.11. The van der Waals surface area contributed by atoms with Crippen molar-refractivity contribution in [1.29, 1.82) is 0 Å². The molecule has 2 rings (SSSR count). The summed E-state index contributed by atoms with van der Waals surface area (Å²) in [6.07, 6.45) is 0. The van der Waals surface area contributed by atoms with E-state index >= 15 is 0 Å². The fourth-order valence-corrected chi connectivity index (χ4v) is 3.30. The van der Waals surface area contributed by atoms with E-state index < -0.39 is 14.9 Å². The highest BCUT2D eigenvalue weighted by Gasteiger charge is 2.21. The van der Waals surface area contributed by atoms with Crippen molar-refractivity contribution in [2.45, 2.75) is 18.7 Å². The summed E-state index contributed by atoms with van der Waals surface area (Å²) >= 11 is 5.99. The molecule has 128 valence electrons. The molecule has 0 saturated carbocycles. The molecular formula is C15H15ClN2O5S. The molecule has 0 fully saturated rings. The van der Waals surface area contributed by atoms with Crippen LogP contribution in [0.25, 0.3) is 0 Å². The predicted molar refractivity (Wildman–Crippen MR) is 91.4 cm³/mol. The number of hydrogen-bond acceptors (Lipinski definition) is 5. The Kier molecular flexibility index (Phi) is 5.00. The maximum Gasteiger partial charge on any atom is 0.273 e. The van der Waals surface area contributed by atoms with Gasteiger partial charge in [-0.05, 0) is 31.5 Å². The van der Waals surface area contributed by atoms with Crippen LogP contribution in [0.15, 0.2) is 35.2 Å². The van der Waals surface area contributed by atoms with Crippen molar-refractivity contribution in [2.75, 3.05) is 11.8 Å². The molecule has 0 heterocycles. The Morgan fingerprint density at radius 1 is 1.17 bits per heavy atom. The molecule has 0 aromatic heterocycles. The molecule has 7 nitrogen and oxygen atoms in total. The van der Waals surface area contributed by atoms with E-state index in [1.54, 1.807) is 6.92 Å². The van der Waals surface area contributed by atoms with E-state index in [9.17, 15) is 18.5 Å². The number of hydrogen-bond donors (Lipinski definition) is 1. The zero-order valence-electron chi connectivity index (χ0n) is 13.2. The lowest BCUT2D eigenvalue weighted by Crippen LogP contribution is -2.14. The Balaban J connectivity index is 2.48. The van der Waals surface area contributed by atoms with E-state index in [1.807, 2.05) is 0 Å². The first-order valence-electron chi connectivity index (χ1n) is 6.77. The average Bonchev–Trinajstić information content (AvgIpc) is 2.50. The lowest BCUT2D eigenvalue weighted by Gasteiger charge is -2.13. The minimum atomic E-state index is -4.03. The number of nitrogens with zero attached hydrogens (tertiary/aromatic N) is 1. The van der Waals surface area contributed by atoms with Crippen LogP contribution < -0.4 is 9.46 Å². The topological polar surface area (TPSA) is 98.5 Å². The van der Waals surface area contributed by atoms with Crippen LogP contribution in [0.5, 0.6) is 5.75 Å². The zero-order valence-corrected chi connectivity index (χ0v) is 14.7. The number of ether oxygens (including phenoxy) is 1. The molecule has 0 aliphatic carbocycles. The van der Waals surface area contributed by atoms with Crippen LogP contribution >= 0.6 is 11.6 Å². The number of halogens is 1. The molecule has 0 aliphatic heterocycles. The molecule has 0 amide bonds. The Hall–Kier alpha value is -2.32. The number of nitro benzene ring substituents is 1. The molecule has 0 bridgehead atoms. The van der Waals surface area contributed by atoms with E-state index in [2.05, 4.69) is 4.72 Å². The normalized spacial score (nSPS) is 11.2. The van der Waals surface area contributed by atoms with Crippen LogP contribution in [0.2, 0.25) is 5.02 Å². The molecule has 0 radical (unpaired) electrons. The van der Waals surface area contributed by atoms with Gasteiger partial charge in [0.15, 0.2) is 0 Å². The molecule has 2 aromatic rings. The van der Waals surface area contributed by atoms with Crippen molar-refractivity contribution >= 4 is 33.0 Å². The van der Waals surface area contributed by atoms with E-state index in [0.717, 1.165) is 6.07 Å². The minimum Gasteiger partial charge on any atom is -0.495 e. The van der Waals surface area contributed by atoms with Crippen LogP contribution in [-0.4, -0.2) is 20.5 Å². The quantitative estimate of drug-likeness (QED) is 0.639. The molecule has 9 heteroatoms. The van der Waals surface area contributed by atoms with Crippen molar-refractivity contribution < 1.29 is 18.1 Å². The van der Waals surface area contributed by atoms with Crippen LogP contribution in [-0.2, 0) is 10.0 Å². The summed E-state index contributed by atoms with van der Waals surface area (Å²) in [6.45, 7) is 3.25. The second-order valence-corrected chi connectivity index (χ2v) is 7.20. The van der Waals surface area contributed by atoms with Crippen LogP contribution in [0.3, 0.4) is 0 Å². The second kappa shape index (κ2) is 6.66. The fourth-order valence-electron chi connectivity index (χ4n) is 2.07. The number of anilines is 1. The summed E-state index contributed by atoms with van der Waals surface area (Å²) in [6, 6.07) is 6.73. The third-order valence-electron chi connectivity index (χ3n) is 3.41. The Bertz CT molecular complexity index is 912. The Morgan fingerprint density at radius 3 is 2.42 bits per heavy atom. The molecule has 0 spiro atoms. The largest absolute Gasteiger partial charge is 0.495 e. The zero-order chi connectivity index (χ0) is 18.1. The van der Waals surface area contributed by atoms with Crippen LogP contribution in [0, 0.1) is 24.0 Å². The summed E-state index contributed by atoms with van der Waals surface area (Å²) in [4.78, 5) is 10.2. The van der Waals surface area contributed by atoms with Gasteiger partial charge in [-0.15, -0.1) is 0 Å². The van der Waals surface area contributed by atoms with Gasteiger partial charge in [-0.25, -0.2) is 8.42 Å². The van der Waals surface area contributed by atoms with Crippen LogP contribution in [0.4, 0.5) is 11.4 Å². The van der Waals surface area contributed by atoms with Crippen LogP contribution in [0.1, 0.15) is 11.1 Å². The maximum absolute atomic E-state index is 12.5. The first kappa shape index (κ1) is 18.0. The summed E-state index contributed by atoms with van der Waals surface area (Å²) in [5, 5.41) is 11.4. The molecule has 0 saturated heterocycles. The van der Waals surface area contributed by atoms with Gasteiger partial charge in [0.2, 0.25) is 0 Å². The van der Waals surface area contributed by atoms with Gasteiger partial charge in [-0.1, -0.05) is 17.7 Å². The molecule has 1 N–H and O–H groups in total. The van der Waals surface area contributed by atoms with Gasteiger partial charge in [-0.2, -0.15) is 0 Å². The standard InChI is InChI=1S/C15H15ClN2O5S/c1-9-4-5-11(7-14(9)18(19)20)24(21,22)17-13-6-10(2)12(16)8-15(13)23-3/h4-8,17H,1-3H3. The Labute approximate surface area is 144 Å². The van der Waals surface area contributed by atoms with E-state index in [0.29, 0.717) is 16.1 Å². The van der Waals surface area contributed by atoms with Crippen molar-refractivity contribution in [3.05, 3.63) is 56.6 Å². The average molecular weight is 371 g/mol. The minimum absolute atomic E-state index is 0.197. The third kappa shape index (κ3) is 3.60. The summed E-state index contributed by atoms with van der Waals surface area (Å²) in [7, 11) is -2.64. The van der Waals surface area contributed by atoms with Crippen molar-refractivity contribution in [2.24, 2.45) is 0 Å². The first-order chi connectivity index (χ1) is 11.2. The van der Waals surface area contributed by atoms with Gasteiger partial charge in [0, 0.05) is 22.7 Å². The molecule has 2 aromatic carbocycles. The van der Waals surface area contributed by atoms with Gasteiger partial charge < -0.3 is 4.74 Å². The monoisotopic (exact) mass is 370 g/mol. The van der Waals surface area contributed by atoms with Gasteiger partial charge in [-0.3, -0.25) is 14.8 Å². The highest BCUT2D eigenvalue weighted by Crippen LogP contribution is 2.33. The highest BCUT2D eigenvalue weighted by molar-refractivity contribution is 7.92. The van der Waals surface area contributed by atoms with Crippen molar-refractivity contribution in [1.82, 2.24) is 0 Å². The summed E-state index contributed by atoms with van der Waals surface area (Å²) in [5.41, 5.74) is 0.962. The number of aryl methyl sites for hydroxylation is 2. The fraction of sp³-hybridized carbons (Fsp3) is 0.200. The first-order valence-corrected chi connectivity index (χ1v) is 8.64. The molecule has 0 aliphatic rings. The van der Waals surface area contributed by atoms with Crippen molar-refractivity contribution in [3.8, 4) is 5.75 Å². The smallest absolute Gasteiger partial charge is 0.273 e. The number of sulfonamides is 1. The molecule has 0 unspecified atom stereocenters. The highest BCUT2D eigenvalue weighted by atomic mass is 35.5. The van der Waals surface area contributed by atoms with Gasteiger partial charge >= 0.3 is 0 Å². The lowest BCUT2D eigenvalue weighted by molar-refractivity contribution is -0.385. The van der Waals surface area contributed by atoms with Crippen molar-refractivity contribution in [3.63, 3.8) is 0 Å². The summed E-state index contributed by atoms with van der Waals surface area (Å²) < 4.78 is 32.6. The van der Waals surface area contributed by atoms with E-state index in [4.69, 9.17) is 16.3 Å². The third-order valence-corrected chi connectivity index (χ3v) is 5.18. The van der Waals surface area contributed by atoms with Gasteiger partial charge in [0.25, 0.3) is 15.7 Å². The molecule has 24 heavy (non-hydrogen) atoms. The van der Waals surface area contributed by atoms with E-state index in [1.165, 1.54) is 38.3 Å². The number of benzene rings is 2. The molecule has 0 atom stereocenters. The van der Waals surface area contributed by atoms with E-state index in [-0.39, 0.29) is 22.0 Å². The number of methoxy groups -OCH3 is 1. The maximum atomic E-state index is 12.5. The van der Waals surface area contributed by atoms with Gasteiger partial charge in [0.05, 0.1) is 22.6 Å². The predicted octanol–water partition coefficient (Wildman–Crippen LogP) is 3.67. The van der Waals surface area contributed by atoms with Gasteiger partial charge in [0.1, 0.15) is 5.75 Å².